The van der Waals surface area contributed by atoms with Gasteiger partial charge in [0.05, 0.1) is 0 Å². The molecule has 1 aromatic carbocycles. The Morgan fingerprint density at radius 2 is 1.92 bits per heavy atom. The Hall–Kier alpha value is -1.97. The van der Waals surface area contributed by atoms with Gasteiger partial charge >= 0.3 is 6.03 Å². The molecular weight excluding hydrogens is 310 g/mol. The van der Waals surface area contributed by atoms with Gasteiger partial charge in [0.1, 0.15) is 0 Å². The van der Waals surface area contributed by atoms with Crippen molar-refractivity contribution < 1.29 is 4.79 Å². The normalized spacial score (nSPS) is 18.0. The summed E-state index contributed by atoms with van der Waals surface area (Å²) in [4.78, 5) is 16.8. The number of nitrogens with one attached hydrogen (secondary N) is 1. The molecule has 1 saturated heterocycles. The molecule has 136 valence electrons. The van der Waals surface area contributed by atoms with Crippen molar-refractivity contribution in [2.24, 2.45) is 0 Å². The number of piperazine rings is 1. The van der Waals surface area contributed by atoms with Gasteiger partial charge in [0.15, 0.2) is 0 Å². The number of carbonyl (C=O) groups is 1. The number of hydrogen-bond donors (Lipinski definition) is 1. The quantitative estimate of drug-likeness (QED) is 0.823. The highest BCUT2D eigenvalue weighted by molar-refractivity contribution is 5.74. The standard InChI is InChI=1S/C21H31N3O/c1-2-19-10-6-7-11-20(19)23-14-16-24(17-15-23)21(25)22-13-12-18-8-4-3-5-9-18/h6-8,10-11H,2-5,9,12-17H2,1H3,(H,22,25). The molecule has 0 atom stereocenters. The van der Waals surface area contributed by atoms with Crippen LogP contribution in [0.4, 0.5) is 10.5 Å². The lowest BCUT2D eigenvalue weighted by Crippen LogP contribution is -2.52. The molecule has 0 saturated carbocycles. The van der Waals surface area contributed by atoms with E-state index in [9.17, 15) is 4.79 Å². The highest BCUT2D eigenvalue weighted by Gasteiger charge is 2.22. The zero-order valence-corrected chi connectivity index (χ0v) is 15.5. The molecule has 2 aliphatic rings. The number of carbonyl (C=O) groups excluding carboxylic acids is 1. The molecule has 4 nitrogen and oxygen atoms in total. The highest BCUT2D eigenvalue weighted by atomic mass is 16.2. The van der Waals surface area contributed by atoms with Crippen LogP contribution in [0.3, 0.4) is 0 Å². The molecule has 0 radical (unpaired) electrons. The summed E-state index contributed by atoms with van der Waals surface area (Å²) in [6, 6.07) is 8.71. The van der Waals surface area contributed by atoms with Crippen molar-refractivity contribution >= 4 is 11.7 Å². The fourth-order valence-electron chi connectivity index (χ4n) is 3.84. The maximum atomic E-state index is 12.4. The first-order chi connectivity index (χ1) is 12.3. The van der Waals surface area contributed by atoms with E-state index >= 15 is 0 Å². The topological polar surface area (TPSA) is 35.6 Å². The number of para-hydroxylation sites is 1. The fourth-order valence-corrected chi connectivity index (χ4v) is 3.84. The fraction of sp³-hybridized carbons (Fsp3) is 0.571. The Kier molecular flexibility index (Phi) is 6.37. The van der Waals surface area contributed by atoms with Crippen molar-refractivity contribution in [3.63, 3.8) is 0 Å². The molecule has 1 fully saturated rings. The van der Waals surface area contributed by atoms with Gasteiger partial charge in [-0.25, -0.2) is 4.79 Å². The minimum absolute atomic E-state index is 0.0971. The summed E-state index contributed by atoms with van der Waals surface area (Å²) in [7, 11) is 0. The largest absolute Gasteiger partial charge is 0.368 e. The predicted molar refractivity (Wildman–Crippen MR) is 104 cm³/mol. The van der Waals surface area contributed by atoms with E-state index in [1.54, 1.807) is 0 Å². The van der Waals surface area contributed by atoms with Crippen LogP contribution in [0, 0.1) is 0 Å². The molecule has 4 heteroatoms. The van der Waals surface area contributed by atoms with E-state index in [0.717, 1.165) is 45.6 Å². The molecule has 1 aliphatic heterocycles. The number of anilines is 1. The van der Waals surface area contributed by atoms with E-state index in [0.29, 0.717) is 0 Å². The van der Waals surface area contributed by atoms with Crippen LogP contribution in [0.15, 0.2) is 35.9 Å². The van der Waals surface area contributed by atoms with Crippen molar-refractivity contribution in [3.8, 4) is 0 Å². The third-order valence-electron chi connectivity index (χ3n) is 5.39. The zero-order valence-electron chi connectivity index (χ0n) is 15.5. The van der Waals surface area contributed by atoms with E-state index in [4.69, 9.17) is 0 Å². The van der Waals surface area contributed by atoms with Crippen LogP contribution in [0.25, 0.3) is 0 Å². The molecule has 2 amide bonds. The number of hydrogen-bond acceptors (Lipinski definition) is 2. The summed E-state index contributed by atoms with van der Waals surface area (Å²) in [6.45, 7) is 6.39. The van der Waals surface area contributed by atoms with Gasteiger partial charge in [0.2, 0.25) is 0 Å². The van der Waals surface area contributed by atoms with Gasteiger partial charge in [-0.15, -0.1) is 0 Å². The molecular formula is C21H31N3O. The Bertz CT molecular complexity index is 603. The Balaban J connectivity index is 1.43. The number of urea groups is 1. The minimum atomic E-state index is 0.0971. The van der Waals surface area contributed by atoms with Gasteiger partial charge in [-0.1, -0.05) is 36.8 Å². The smallest absolute Gasteiger partial charge is 0.317 e. The Morgan fingerprint density at radius 1 is 1.12 bits per heavy atom. The predicted octanol–water partition coefficient (Wildman–Crippen LogP) is 3.97. The molecule has 1 heterocycles. The summed E-state index contributed by atoms with van der Waals surface area (Å²) in [5, 5.41) is 3.10. The molecule has 3 rings (SSSR count). The third kappa shape index (κ3) is 4.77. The zero-order chi connectivity index (χ0) is 17.5. The number of rotatable bonds is 5. The van der Waals surface area contributed by atoms with Crippen LogP contribution < -0.4 is 10.2 Å². The maximum Gasteiger partial charge on any atom is 0.317 e. The van der Waals surface area contributed by atoms with Crippen LogP contribution in [0.1, 0.15) is 44.6 Å². The van der Waals surface area contributed by atoms with Crippen molar-refractivity contribution in [2.45, 2.75) is 45.4 Å². The summed E-state index contributed by atoms with van der Waals surface area (Å²) < 4.78 is 0. The number of amides is 2. The second-order valence-electron chi connectivity index (χ2n) is 7.05. The van der Waals surface area contributed by atoms with E-state index in [2.05, 4.69) is 47.5 Å². The van der Waals surface area contributed by atoms with Gasteiger partial charge < -0.3 is 15.1 Å². The molecule has 0 bridgehead atoms. The monoisotopic (exact) mass is 341 g/mol. The molecule has 0 spiro atoms. The average molecular weight is 341 g/mol. The molecule has 1 N–H and O–H groups in total. The number of benzene rings is 1. The van der Waals surface area contributed by atoms with Crippen LogP contribution in [-0.2, 0) is 6.42 Å². The minimum Gasteiger partial charge on any atom is -0.368 e. The van der Waals surface area contributed by atoms with Crippen molar-refractivity contribution in [2.75, 3.05) is 37.6 Å². The Morgan fingerprint density at radius 3 is 2.64 bits per heavy atom. The lowest BCUT2D eigenvalue weighted by molar-refractivity contribution is 0.194. The molecule has 0 aromatic heterocycles. The third-order valence-corrected chi connectivity index (χ3v) is 5.39. The van der Waals surface area contributed by atoms with Crippen LogP contribution in [-0.4, -0.2) is 43.7 Å². The summed E-state index contributed by atoms with van der Waals surface area (Å²) in [5.74, 6) is 0. The Labute approximate surface area is 151 Å². The molecule has 25 heavy (non-hydrogen) atoms. The maximum absolute atomic E-state index is 12.4. The second kappa shape index (κ2) is 8.93. The van der Waals surface area contributed by atoms with Gasteiger partial charge in [0.25, 0.3) is 0 Å². The van der Waals surface area contributed by atoms with E-state index in [1.165, 1.54) is 42.5 Å². The SMILES string of the molecule is CCc1ccccc1N1CCN(C(=O)NCCC2=CCCCC2)CC1. The lowest BCUT2D eigenvalue weighted by Gasteiger charge is -2.37. The lowest BCUT2D eigenvalue weighted by atomic mass is 9.97. The second-order valence-corrected chi connectivity index (χ2v) is 7.05. The first-order valence-electron chi connectivity index (χ1n) is 9.81. The number of aryl methyl sites for hydroxylation is 1. The average Bonchev–Trinajstić information content (AvgIpc) is 2.69. The first-order valence-corrected chi connectivity index (χ1v) is 9.81. The van der Waals surface area contributed by atoms with Crippen LogP contribution >= 0.6 is 0 Å². The molecule has 0 unspecified atom stereocenters. The summed E-state index contributed by atoms with van der Waals surface area (Å²) in [5.41, 5.74) is 4.24. The van der Waals surface area contributed by atoms with E-state index < -0.39 is 0 Å². The first kappa shape index (κ1) is 17.8. The summed E-state index contributed by atoms with van der Waals surface area (Å²) in [6.07, 6.45) is 9.47. The van der Waals surface area contributed by atoms with Crippen molar-refractivity contribution in [3.05, 3.63) is 41.5 Å². The van der Waals surface area contributed by atoms with E-state index in [-0.39, 0.29) is 6.03 Å². The van der Waals surface area contributed by atoms with Gasteiger partial charge in [-0.05, 0) is 50.2 Å². The van der Waals surface area contributed by atoms with Gasteiger partial charge in [0, 0.05) is 38.4 Å². The van der Waals surface area contributed by atoms with Crippen LogP contribution in [0.2, 0.25) is 0 Å². The van der Waals surface area contributed by atoms with E-state index in [1.807, 2.05) is 4.90 Å². The number of nitrogens with zero attached hydrogens (tertiary/aromatic N) is 2. The van der Waals surface area contributed by atoms with Gasteiger partial charge in [-0.2, -0.15) is 0 Å². The number of allylic oxidation sites excluding steroid dienone is 1. The van der Waals surface area contributed by atoms with Crippen molar-refractivity contribution in [1.82, 2.24) is 10.2 Å². The van der Waals surface area contributed by atoms with Crippen molar-refractivity contribution in [1.29, 1.82) is 0 Å². The van der Waals surface area contributed by atoms with Gasteiger partial charge in [-0.3, -0.25) is 0 Å². The van der Waals surface area contributed by atoms with Crippen LogP contribution in [0.5, 0.6) is 0 Å². The molecule has 1 aliphatic carbocycles. The molecule has 1 aromatic rings. The highest BCUT2D eigenvalue weighted by Crippen LogP contribution is 2.22. The summed E-state index contributed by atoms with van der Waals surface area (Å²) >= 11 is 0.